The predicted molar refractivity (Wildman–Crippen MR) is 107 cm³/mol. The van der Waals surface area contributed by atoms with E-state index >= 15 is 0 Å². The van der Waals surface area contributed by atoms with Gasteiger partial charge >= 0.3 is 0 Å². The highest BCUT2D eigenvalue weighted by Gasteiger charge is 2.59. The van der Waals surface area contributed by atoms with Crippen molar-refractivity contribution in [2.45, 2.75) is 25.2 Å². The fourth-order valence-corrected chi connectivity index (χ4v) is 4.10. The third-order valence-corrected chi connectivity index (χ3v) is 5.58. The van der Waals surface area contributed by atoms with E-state index in [4.69, 9.17) is 16.6 Å². The Kier molecular flexibility index (Phi) is 3.70. The van der Waals surface area contributed by atoms with Crippen molar-refractivity contribution in [2.24, 2.45) is 4.99 Å². The predicted octanol–water partition coefficient (Wildman–Crippen LogP) is 5.58. The van der Waals surface area contributed by atoms with Gasteiger partial charge in [0.15, 0.2) is 0 Å². The molecule has 0 N–H and O–H groups in total. The highest BCUT2D eigenvalue weighted by molar-refractivity contribution is 6.30. The van der Waals surface area contributed by atoms with Crippen LogP contribution in [0.25, 0.3) is 0 Å². The van der Waals surface area contributed by atoms with Crippen molar-refractivity contribution in [1.82, 2.24) is 4.90 Å². The molecule has 1 fully saturated rings. The molecule has 4 atom stereocenters. The Morgan fingerprint density at radius 3 is 2.15 bits per heavy atom. The zero-order valence-electron chi connectivity index (χ0n) is 14.5. The topological polar surface area (TPSA) is 15.4 Å². The molecule has 1 saturated heterocycles. The number of benzene rings is 3. The molecule has 3 heteroatoms. The Hall–Kier alpha value is -2.42. The monoisotopic (exact) mass is 358 g/mol. The van der Waals surface area contributed by atoms with Crippen molar-refractivity contribution < 1.29 is 0 Å². The van der Waals surface area contributed by atoms with Crippen LogP contribution >= 0.6 is 11.6 Å². The van der Waals surface area contributed by atoms with Crippen LogP contribution in [0.5, 0.6) is 0 Å². The molecule has 1 unspecified atom stereocenters. The second-order valence-electron chi connectivity index (χ2n) is 7.05. The maximum atomic E-state index is 6.08. The lowest BCUT2D eigenvalue weighted by molar-refractivity contribution is 0.404. The highest BCUT2D eigenvalue weighted by atomic mass is 35.5. The van der Waals surface area contributed by atoms with Gasteiger partial charge in [-0.3, -0.25) is 9.89 Å². The number of nitrogens with zero attached hydrogens (tertiary/aromatic N) is 2. The van der Waals surface area contributed by atoms with Gasteiger partial charge in [0, 0.05) is 5.02 Å². The van der Waals surface area contributed by atoms with Crippen LogP contribution in [0.2, 0.25) is 5.02 Å². The number of hydrogen-bond acceptors (Lipinski definition) is 2. The van der Waals surface area contributed by atoms with E-state index in [-0.39, 0.29) is 6.17 Å². The van der Waals surface area contributed by atoms with E-state index < -0.39 is 0 Å². The summed E-state index contributed by atoms with van der Waals surface area (Å²) < 4.78 is 0. The average molecular weight is 359 g/mol. The second-order valence-corrected chi connectivity index (χ2v) is 7.49. The summed E-state index contributed by atoms with van der Waals surface area (Å²) in [5.74, 6) is 0. The normalized spacial score (nSPS) is 26.3. The van der Waals surface area contributed by atoms with Crippen molar-refractivity contribution in [1.29, 1.82) is 0 Å². The molecular weight excluding hydrogens is 340 g/mol. The van der Waals surface area contributed by atoms with Gasteiger partial charge in [-0.25, -0.2) is 0 Å². The van der Waals surface area contributed by atoms with E-state index in [2.05, 4.69) is 78.6 Å². The fourth-order valence-electron chi connectivity index (χ4n) is 3.97. The summed E-state index contributed by atoms with van der Waals surface area (Å²) in [6.07, 6.45) is 0.0544. The van der Waals surface area contributed by atoms with Crippen molar-refractivity contribution in [3.8, 4) is 0 Å². The van der Waals surface area contributed by atoms with Gasteiger partial charge in [0.05, 0.1) is 17.8 Å². The Morgan fingerprint density at radius 2 is 1.46 bits per heavy atom. The van der Waals surface area contributed by atoms with Gasteiger partial charge in [-0.15, -0.1) is 0 Å². The average Bonchev–Trinajstić information content (AvgIpc) is 3.29. The van der Waals surface area contributed by atoms with Crippen molar-refractivity contribution in [3.05, 3.63) is 106 Å². The summed E-state index contributed by atoms with van der Waals surface area (Å²) in [6.45, 7) is 2.12. The molecule has 0 bridgehead atoms. The minimum atomic E-state index is 0.0544. The largest absolute Gasteiger partial charge is 0.263 e. The van der Waals surface area contributed by atoms with Crippen LogP contribution in [0.4, 0.5) is 0 Å². The minimum Gasteiger partial charge on any atom is -0.263 e. The highest BCUT2D eigenvalue weighted by Crippen LogP contribution is 2.55. The van der Waals surface area contributed by atoms with Crippen LogP contribution in [0, 0.1) is 6.92 Å². The number of fused-ring (bicyclic) bond motifs is 1. The molecule has 3 aromatic carbocycles. The van der Waals surface area contributed by atoms with Gasteiger partial charge in [-0.05, 0) is 35.7 Å². The van der Waals surface area contributed by atoms with Crippen LogP contribution in [0.1, 0.15) is 34.5 Å². The van der Waals surface area contributed by atoms with Crippen molar-refractivity contribution in [3.63, 3.8) is 0 Å². The quantitative estimate of drug-likeness (QED) is 0.558. The fraction of sp³-hybridized carbons (Fsp3) is 0.174. The number of aryl methyl sites for hydroxylation is 1. The molecule has 2 heterocycles. The summed E-state index contributed by atoms with van der Waals surface area (Å²) in [6, 6.07) is 28.3. The molecule has 0 saturated carbocycles. The molecule has 0 radical (unpaired) electrons. The third kappa shape index (κ3) is 2.57. The van der Waals surface area contributed by atoms with Gasteiger partial charge in [0.2, 0.25) is 0 Å². The van der Waals surface area contributed by atoms with Crippen LogP contribution in [-0.2, 0) is 0 Å². The summed E-state index contributed by atoms with van der Waals surface area (Å²) in [5.41, 5.74) is 6.24. The maximum absolute atomic E-state index is 6.08. The molecule has 2 aliphatic heterocycles. The lowest BCUT2D eigenvalue weighted by atomic mass is 10.0. The van der Waals surface area contributed by atoms with Gasteiger partial charge < -0.3 is 0 Å². The van der Waals surface area contributed by atoms with E-state index in [0.717, 1.165) is 5.02 Å². The van der Waals surface area contributed by atoms with E-state index in [0.29, 0.717) is 12.1 Å². The lowest BCUT2D eigenvalue weighted by Gasteiger charge is -2.14. The minimum absolute atomic E-state index is 0.0544. The first kappa shape index (κ1) is 15.8. The molecule has 0 aliphatic carbocycles. The molecule has 0 amide bonds. The summed E-state index contributed by atoms with van der Waals surface area (Å²) >= 11 is 6.08. The van der Waals surface area contributed by atoms with Crippen molar-refractivity contribution in [2.75, 3.05) is 0 Å². The van der Waals surface area contributed by atoms with E-state index in [9.17, 15) is 0 Å². The summed E-state index contributed by atoms with van der Waals surface area (Å²) in [5, 5.41) is 0.761. The second kappa shape index (κ2) is 6.08. The molecule has 2 aliphatic rings. The Bertz CT molecular complexity index is 961. The maximum Gasteiger partial charge on any atom is 0.129 e. The number of halogens is 1. The lowest BCUT2D eigenvalue weighted by Crippen LogP contribution is -2.08. The first-order valence-electron chi connectivity index (χ1n) is 8.95. The molecule has 3 aromatic rings. The molecule has 2 nitrogen and oxygen atoms in total. The van der Waals surface area contributed by atoms with Crippen LogP contribution in [-0.4, -0.2) is 16.7 Å². The first-order valence-corrected chi connectivity index (χ1v) is 9.33. The zero-order chi connectivity index (χ0) is 17.7. The third-order valence-electron chi connectivity index (χ3n) is 5.33. The number of rotatable bonds is 3. The Balaban J connectivity index is 1.56. The van der Waals surface area contributed by atoms with Gasteiger partial charge in [0.25, 0.3) is 0 Å². The number of hydrogen-bond donors (Lipinski definition) is 0. The van der Waals surface area contributed by atoms with Crippen LogP contribution in [0.3, 0.4) is 0 Å². The van der Waals surface area contributed by atoms with Gasteiger partial charge in [0.1, 0.15) is 6.17 Å². The summed E-state index contributed by atoms with van der Waals surface area (Å²) in [4.78, 5) is 7.59. The Labute approximate surface area is 158 Å². The van der Waals surface area contributed by atoms with E-state index in [1.54, 1.807) is 0 Å². The summed E-state index contributed by atoms with van der Waals surface area (Å²) in [7, 11) is 0. The van der Waals surface area contributed by atoms with E-state index in [1.807, 2.05) is 12.1 Å². The Morgan fingerprint density at radius 1 is 0.769 bits per heavy atom. The smallest absolute Gasteiger partial charge is 0.129 e. The van der Waals surface area contributed by atoms with E-state index in [1.165, 1.54) is 28.0 Å². The molecule has 0 spiro atoms. The SMILES string of the molecule is Cc1ccc(C2=N[C@@H](c3ccc(Cl)cc3)N3[C@@H]2[C@@H]3c2ccccc2)cc1. The molecule has 128 valence electrons. The zero-order valence-corrected chi connectivity index (χ0v) is 15.3. The molecule has 5 rings (SSSR count). The van der Waals surface area contributed by atoms with Crippen LogP contribution < -0.4 is 0 Å². The number of aliphatic imine (C=N–C) groups is 1. The van der Waals surface area contributed by atoms with Crippen molar-refractivity contribution >= 4 is 17.3 Å². The molecular formula is C23H19ClN2. The van der Waals surface area contributed by atoms with Gasteiger partial charge in [-0.2, -0.15) is 0 Å². The standard InChI is InChI=1S/C23H19ClN2/c1-15-7-9-16(10-8-15)20-22-21(17-5-3-2-4-6-17)26(22)23(25-20)18-11-13-19(24)14-12-18/h2-14,21-23H,1H3/t21-,22-,23+,26?/m0/s1. The molecule has 0 aromatic heterocycles. The van der Waals surface area contributed by atoms with Crippen LogP contribution in [0.15, 0.2) is 83.9 Å². The van der Waals surface area contributed by atoms with Gasteiger partial charge in [-0.1, -0.05) is 83.9 Å². The molecule has 26 heavy (non-hydrogen) atoms. The first-order chi connectivity index (χ1) is 12.7.